The highest BCUT2D eigenvalue weighted by Gasteiger charge is 2.45. The molecule has 0 atom stereocenters. The predicted octanol–water partition coefficient (Wildman–Crippen LogP) is 17.8. The summed E-state index contributed by atoms with van der Waals surface area (Å²) in [5.41, 5.74) is 13.3. The zero-order chi connectivity index (χ0) is 42.5. The Bertz CT molecular complexity index is 3410. The second-order valence-electron chi connectivity index (χ2n) is 16.4. The number of benzene rings is 11. The van der Waals surface area contributed by atoms with Crippen LogP contribution in [0.5, 0.6) is 0 Å². The van der Waals surface area contributed by atoms with E-state index >= 15 is 0 Å². The van der Waals surface area contributed by atoms with Gasteiger partial charge in [0.1, 0.15) is 0 Å². The molecule has 0 aliphatic carbocycles. The maximum absolute atomic E-state index is 2.51. The lowest BCUT2D eigenvalue weighted by molar-refractivity contribution is 1.21. The molecule has 1 aliphatic rings. The first kappa shape index (κ1) is 37.8. The number of anilines is 3. The summed E-state index contributed by atoms with van der Waals surface area (Å²) in [5.74, 6) is 0. The van der Waals surface area contributed by atoms with Gasteiger partial charge in [-0.15, -0.1) is 10.0 Å². The number of fused-ring (bicyclic) bond motifs is 6. The van der Waals surface area contributed by atoms with Crippen molar-refractivity contribution in [3.63, 3.8) is 0 Å². The summed E-state index contributed by atoms with van der Waals surface area (Å²) >= 11 is 0. The summed E-state index contributed by atoms with van der Waals surface area (Å²) in [6.07, 6.45) is 0. The van der Waals surface area contributed by atoms with Crippen molar-refractivity contribution in [1.82, 2.24) is 0 Å². The van der Waals surface area contributed by atoms with Gasteiger partial charge in [0.2, 0.25) is 0 Å². The fourth-order valence-corrected chi connectivity index (χ4v) is 14.5. The molecule has 0 N–H and O–H groups in total. The molecule has 11 aromatic carbocycles. The summed E-state index contributed by atoms with van der Waals surface area (Å²) in [4.78, 5) is 7.90. The van der Waals surface area contributed by atoms with Gasteiger partial charge in [0.15, 0.2) is 0 Å². The van der Waals surface area contributed by atoms with Crippen LogP contribution in [0, 0.1) is 0 Å². The molecule has 2 heteroatoms. The van der Waals surface area contributed by atoms with Crippen LogP contribution in [0.4, 0.5) is 17.1 Å². The van der Waals surface area contributed by atoms with Crippen molar-refractivity contribution in [3.8, 4) is 44.5 Å². The SMILES string of the molecule is c1ccc(-c2ccc(N(c3ccc(-c4cccc5cccc(-c6ccccc6)c45)cc3)c3cccc4c3S(c3ccccc3)(c3ccccc3)c3ccc5ccccc5c3-4)cc2)cc1. The van der Waals surface area contributed by atoms with E-state index in [0.717, 1.165) is 11.4 Å². The molecule has 0 amide bonds. The lowest BCUT2D eigenvalue weighted by Gasteiger charge is -2.42. The topological polar surface area (TPSA) is 3.24 Å². The van der Waals surface area contributed by atoms with Gasteiger partial charge in [-0.05, 0) is 121 Å². The van der Waals surface area contributed by atoms with E-state index in [-0.39, 0.29) is 0 Å². The molecule has 302 valence electrons. The largest absolute Gasteiger partial charge is 0.309 e. The van der Waals surface area contributed by atoms with Gasteiger partial charge < -0.3 is 4.90 Å². The first-order chi connectivity index (χ1) is 31.8. The normalized spacial score (nSPS) is 13.0. The molecule has 0 spiro atoms. The van der Waals surface area contributed by atoms with Gasteiger partial charge in [-0.1, -0.05) is 200 Å². The summed E-state index contributed by atoms with van der Waals surface area (Å²) in [7, 11) is -2.02. The lowest BCUT2D eigenvalue weighted by Crippen LogP contribution is -2.13. The second-order valence-corrected chi connectivity index (χ2v) is 19.4. The minimum atomic E-state index is -2.02. The van der Waals surface area contributed by atoms with E-state index < -0.39 is 10.0 Å². The third kappa shape index (κ3) is 6.10. The Morgan fingerprint density at radius 2 is 0.750 bits per heavy atom. The van der Waals surface area contributed by atoms with E-state index in [2.05, 4.69) is 266 Å². The van der Waals surface area contributed by atoms with Gasteiger partial charge in [0, 0.05) is 36.5 Å². The molecule has 0 radical (unpaired) electrons. The van der Waals surface area contributed by atoms with E-state index in [1.807, 2.05) is 0 Å². The van der Waals surface area contributed by atoms with Gasteiger partial charge in [0.25, 0.3) is 0 Å². The second kappa shape index (κ2) is 15.8. The molecule has 11 aromatic rings. The monoisotopic (exact) mass is 833 g/mol. The maximum atomic E-state index is 2.51. The standard InChI is InChI=1S/C62H43NS/c1-5-18-44(19-6-1)45-34-39-50(40-35-45)63(51-41-36-48(37-42-51)55-31-16-24-49-23-15-30-54(60(49)55)46-20-7-2-8-21-46)58-33-17-32-57-61-56-29-14-13-22-47(56)38-43-59(61)64(62(57)58,52-25-9-3-10-26-52)53-27-11-4-12-28-53/h1-43H. The predicted molar refractivity (Wildman–Crippen MR) is 271 cm³/mol. The Hall–Kier alpha value is -7.91. The minimum Gasteiger partial charge on any atom is -0.309 e. The van der Waals surface area contributed by atoms with E-state index in [1.165, 1.54) is 91.3 Å². The van der Waals surface area contributed by atoms with Gasteiger partial charge in [-0.3, -0.25) is 0 Å². The maximum Gasteiger partial charge on any atom is 0.0598 e. The highest BCUT2D eigenvalue weighted by molar-refractivity contribution is 8.34. The molecule has 0 unspecified atom stereocenters. The summed E-state index contributed by atoms with van der Waals surface area (Å²) in [6.45, 7) is 0. The third-order valence-corrected chi connectivity index (χ3v) is 16.9. The van der Waals surface area contributed by atoms with Crippen LogP contribution in [0.25, 0.3) is 66.1 Å². The van der Waals surface area contributed by atoms with E-state index in [4.69, 9.17) is 0 Å². The Balaban J connectivity index is 1.12. The Labute approximate surface area is 376 Å². The quantitative estimate of drug-likeness (QED) is 0.147. The molecule has 0 aromatic heterocycles. The van der Waals surface area contributed by atoms with Crippen LogP contribution in [-0.2, 0) is 0 Å². The smallest absolute Gasteiger partial charge is 0.0598 e. The summed E-state index contributed by atoms with van der Waals surface area (Å²) in [6, 6.07) is 96.4. The lowest BCUT2D eigenvalue weighted by atomic mass is 9.91. The average Bonchev–Trinajstić information content (AvgIpc) is 3.70. The fourth-order valence-electron chi connectivity index (χ4n) is 10.1. The van der Waals surface area contributed by atoms with Crippen molar-refractivity contribution in [3.05, 3.63) is 261 Å². The number of hydrogen-bond donors (Lipinski definition) is 0. The van der Waals surface area contributed by atoms with Gasteiger partial charge in [0.05, 0.1) is 5.69 Å². The molecule has 0 saturated carbocycles. The van der Waals surface area contributed by atoms with Crippen LogP contribution in [0.2, 0.25) is 0 Å². The molecular weight excluding hydrogens is 791 g/mol. The molecule has 12 rings (SSSR count). The molecule has 1 aliphatic heterocycles. The van der Waals surface area contributed by atoms with Gasteiger partial charge >= 0.3 is 0 Å². The first-order valence-corrected chi connectivity index (χ1v) is 23.6. The molecular formula is C62H43NS. The van der Waals surface area contributed by atoms with E-state index in [0.29, 0.717) is 0 Å². The van der Waals surface area contributed by atoms with Crippen molar-refractivity contribution in [1.29, 1.82) is 0 Å². The molecule has 1 heterocycles. The van der Waals surface area contributed by atoms with Crippen LogP contribution < -0.4 is 4.90 Å². The van der Waals surface area contributed by atoms with Gasteiger partial charge in [-0.25, -0.2) is 0 Å². The van der Waals surface area contributed by atoms with Crippen molar-refractivity contribution >= 4 is 48.6 Å². The number of hydrogen-bond acceptors (Lipinski definition) is 1. The number of rotatable bonds is 8. The van der Waals surface area contributed by atoms with Gasteiger partial charge in [-0.2, -0.15) is 0 Å². The minimum absolute atomic E-state index is 1.10. The zero-order valence-electron chi connectivity index (χ0n) is 35.2. The Morgan fingerprint density at radius 3 is 1.36 bits per heavy atom. The van der Waals surface area contributed by atoms with Crippen LogP contribution in [0.15, 0.2) is 280 Å². The molecule has 0 bridgehead atoms. The fraction of sp³-hybridized carbons (Fsp3) is 0. The zero-order valence-corrected chi connectivity index (χ0v) is 36.0. The first-order valence-electron chi connectivity index (χ1n) is 22.0. The van der Waals surface area contributed by atoms with Crippen molar-refractivity contribution < 1.29 is 0 Å². The van der Waals surface area contributed by atoms with Crippen molar-refractivity contribution in [2.45, 2.75) is 19.6 Å². The Kier molecular flexibility index (Phi) is 9.32. The molecule has 1 nitrogen and oxygen atoms in total. The number of nitrogens with zero attached hydrogens (tertiary/aromatic N) is 1. The van der Waals surface area contributed by atoms with Crippen molar-refractivity contribution in [2.24, 2.45) is 0 Å². The van der Waals surface area contributed by atoms with E-state index in [1.54, 1.807) is 0 Å². The average molecular weight is 834 g/mol. The highest BCUT2D eigenvalue weighted by Crippen LogP contribution is 2.82. The molecule has 0 saturated heterocycles. The Morgan fingerprint density at radius 1 is 0.297 bits per heavy atom. The summed E-state index contributed by atoms with van der Waals surface area (Å²) in [5, 5.41) is 5.04. The molecule has 64 heavy (non-hydrogen) atoms. The van der Waals surface area contributed by atoms with Crippen LogP contribution in [-0.4, -0.2) is 0 Å². The highest BCUT2D eigenvalue weighted by atomic mass is 32.3. The van der Waals surface area contributed by atoms with Crippen molar-refractivity contribution in [2.75, 3.05) is 4.90 Å². The van der Waals surface area contributed by atoms with Crippen LogP contribution >= 0.6 is 10.0 Å². The molecule has 0 fully saturated rings. The van der Waals surface area contributed by atoms with E-state index in [9.17, 15) is 0 Å². The van der Waals surface area contributed by atoms with Crippen LogP contribution in [0.3, 0.4) is 0 Å². The third-order valence-electron chi connectivity index (χ3n) is 12.9. The summed E-state index contributed by atoms with van der Waals surface area (Å²) < 4.78 is 0. The van der Waals surface area contributed by atoms with Crippen LogP contribution in [0.1, 0.15) is 0 Å².